The number of thiophene rings is 1. The van der Waals surface area contributed by atoms with Gasteiger partial charge in [-0.15, -0.1) is 11.3 Å². The minimum Gasteiger partial charge on any atom is -0.497 e. The van der Waals surface area contributed by atoms with Crippen LogP contribution in [0.4, 0.5) is 5.00 Å². The fraction of sp³-hybridized carbons (Fsp3) is 0.368. The second kappa shape index (κ2) is 8.93. The van der Waals surface area contributed by atoms with Crippen LogP contribution in [-0.2, 0) is 14.8 Å². The molecule has 1 saturated heterocycles. The molecule has 0 saturated carbocycles. The smallest absolute Gasteiger partial charge is 0.261 e. The highest BCUT2D eigenvalue weighted by atomic mass is 32.2. The Labute approximate surface area is 173 Å². The molecule has 0 bridgehead atoms. The van der Waals surface area contributed by atoms with E-state index in [2.05, 4.69) is 10.6 Å². The number of carbonyl (C=O) groups is 2. The lowest BCUT2D eigenvalue weighted by atomic mass is 10.1. The molecule has 2 N–H and O–H groups in total. The van der Waals surface area contributed by atoms with Gasteiger partial charge in [0.2, 0.25) is 15.9 Å². The Balaban J connectivity index is 1.56. The van der Waals surface area contributed by atoms with Crippen molar-refractivity contribution in [1.82, 2.24) is 9.62 Å². The Hall–Kier alpha value is -2.43. The van der Waals surface area contributed by atoms with Gasteiger partial charge >= 0.3 is 0 Å². The molecule has 1 aromatic heterocycles. The molecule has 0 aliphatic carbocycles. The van der Waals surface area contributed by atoms with E-state index >= 15 is 0 Å². The summed E-state index contributed by atoms with van der Waals surface area (Å²) >= 11 is 1.20. The van der Waals surface area contributed by atoms with Crippen LogP contribution < -0.4 is 15.4 Å². The molecular weight excluding hydrogens is 414 g/mol. The highest BCUT2D eigenvalue weighted by molar-refractivity contribution is 7.89. The molecule has 0 radical (unpaired) electrons. The number of ether oxygens (including phenoxy) is 1. The van der Waals surface area contributed by atoms with Crippen LogP contribution in [0, 0.1) is 0 Å². The molecular formula is C19H23N3O5S2. The van der Waals surface area contributed by atoms with Crippen LogP contribution in [0.5, 0.6) is 5.75 Å². The maximum Gasteiger partial charge on any atom is 0.261 e. The number of nitrogens with one attached hydrogen (secondary N) is 2. The zero-order valence-corrected chi connectivity index (χ0v) is 17.8. The summed E-state index contributed by atoms with van der Waals surface area (Å²) in [4.78, 5) is 24.2. The average molecular weight is 438 g/mol. The summed E-state index contributed by atoms with van der Waals surface area (Å²) in [7, 11) is -2.05. The van der Waals surface area contributed by atoms with Crippen molar-refractivity contribution in [3.8, 4) is 5.75 Å². The number of rotatable bonds is 6. The monoisotopic (exact) mass is 437 g/mol. The Bertz CT molecular complexity index is 978. The molecule has 0 unspecified atom stereocenters. The first-order valence-electron chi connectivity index (χ1n) is 9.12. The Kier molecular flexibility index (Phi) is 6.56. The average Bonchev–Trinajstić information content (AvgIpc) is 3.16. The van der Waals surface area contributed by atoms with Crippen LogP contribution >= 0.6 is 11.3 Å². The zero-order chi connectivity index (χ0) is 21.0. The van der Waals surface area contributed by atoms with Crippen LogP contribution in [0.1, 0.15) is 29.4 Å². The van der Waals surface area contributed by atoms with E-state index < -0.39 is 10.0 Å². The lowest BCUT2D eigenvalue weighted by Gasteiger charge is -2.31. The summed E-state index contributed by atoms with van der Waals surface area (Å²) in [6.45, 7) is 2.08. The van der Waals surface area contributed by atoms with Crippen molar-refractivity contribution < 1.29 is 22.7 Å². The fourth-order valence-electron chi connectivity index (χ4n) is 3.09. The van der Waals surface area contributed by atoms with Crippen molar-refractivity contribution >= 4 is 38.2 Å². The number of hydrogen-bond acceptors (Lipinski definition) is 6. The molecule has 1 fully saturated rings. The van der Waals surface area contributed by atoms with Gasteiger partial charge in [-0.3, -0.25) is 9.59 Å². The largest absolute Gasteiger partial charge is 0.497 e. The molecule has 8 nitrogen and oxygen atoms in total. The quantitative estimate of drug-likeness (QED) is 0.722. The van der Waals surface area contributed by atoms with Gasteiger partial charge in [0, 0.05) is 26.1 Å². The van der Waals surface area contributed by atoms with Gasteiger partial charge in [-0.2, -0.15) is 4.31 Å². The van der Waals surface area contributed by atoms with E-state index in [1.165, 1.54) is 41.8 Å². The summed E-state index contributed by atoms with van der Waals surface area (Å²) in [5.74, 6) is 0.188. The van der Waals surface area contributed by atoms with Crippen molar-refractivity contribution in [2.75, 3.05) is 25.5 Å². The van der Waals surface area contributed by atoms with Gasteiger partial charge in [0.15, 0.2) is 0 Å². The third kappa shape index (κ3) is 5.14. The summed E-state index contributed by atoms with van der Waals surface area (Å²) in [5, 5.41) is 6.21. The molecule has 1 aliphatic heterocycles. The summed E-state index contributed by atoms with van der Waals surface area (Å²) in [5.41, 5.74) is 0. The van der Waals surface area contributed by atoms with E-state index in [9.17, 15) is 18.0 Å². The van der Waals surface area contributed by atoms with E-state index in [-0.39, 0.29) is 22.8 Å². The lowest BCUT2D eigenvalue weighted by Crippen LogP contribution is -2.46. The maximum absolute atomic E-state index is 12.8. The highest BCUT2D eigenvalue weighted by Gasteiger charge is 2.30. The number of sulfonamides is 1. The molecule has 29 heavy (non-hydrogen) atoms. The van der Waals surface area contributed by atoms with Crippen LogP contribution in [0.3, 0.4) is 0 Å². The second-order valence-electron chi connectivity index (χ2n) is 6.67. The molecule has 2 heterocycles. The second-order valence-corrected chi connectivity index (χ2v) is 9.69. The number of amides is 2. The van der Waals surface area contributed by atoms with Crippen molar-refractivity contribution in [2.45, 2.75) is 30.7 Å². The zero-order valence-electron chi connectivity index (χ0n) is 16.2. The molecule has 156 valence electrons. The first-order valence-corrected chi connectivity index (χ1v) is 11.4. The van der Waals surface area contributed by atoms with Gasteiger partial charge in [0.25, 0.3) is 5.91 Å². The van der Waals surface area contributed by atoms with Crippen molar-refractivity contribution in [3.05, 3.63) is 41.3 Å². The van der Waals surface area contributed by atoms with Gasteiger partial charge in [-0.25, -0.2) is 8.42 Å². The number of carbonyl (C=O) groups excluding carboxylic acids is 2. The van der Waals surface area contributed by atoms with E-state index in [0.29, 0.717) is 41.6 Å². The first kappa shape index (κ1) is 21.3. The molecule has 1 aliphatic rings. The Morgan fingerprint density at radius 2 is 1.76 bits per heavy atom. The molecule has 3 rings (SSSR count). The first-order chi connectivity index (χ1) is 13.8. The molecule has 0 spiro atoms. The van der Waals surface area contributed by atoms with Crippen molar-refractivity contribution in [3.63, 3.8) is 0 Å². The molecule has 0 atom stereocenters. The van der Waals surface area contributed by atoms with Gasteiger partial charge < -0.3 is 15.4 Å². The van der Waals surface area contributed by atoms with Crippen molar-refractivity contribution in [1.29, 1.82) is 0 Å². The molecule has 1 aromatic carbocycles. The predicted octanol–water partition coefficient (Wildman–Crippen LogP) is 2.30. The highest BCUT2D eigenvalue weighted by Crippen LogP contribution is 2.24. The number of benzene rings is 1. The number of hydrogen-bond donors (Lipinski definition) is 2. The normalized spacial score (nSPS) is 15.7. The minimum absolute atomic E-state index is 0.101. The van der Waals surface area contributed by atoms with E-state index in [4.69, 9.17) is 4.74 Å². The SMILES string of the molecule is COc1ccc(S(=O)(=O)N2CCC(NC(=O)c3ccc(NC(C)=O)s3)CC2)cc1. The van der Waals surface area contributed by atoms with Crippen molar-refractivity contribution in [2.24, 2.45) is 0 Å². The summed E-state index contributed by atoms with van der Waals surface area (Å²) in [6, 6.07) is 9.55. The Morgan fingerprint density at radius 3 is 2.34 bits per heavy atom. The number of anilines is 1. The standard InChI is InChI=1S/C19H23N3O5S2/c1-13(23)20-18-8-7-17(28-18)19(24)21-14-9-11-22(12-10-14)29(25,26)16-5-3-15(27-2)4-6-16/h3-8,14H,9-12H2,1-2H3,(H,20,23)(H,21,24). The van der Waals surface area contributed by atoms with Gasteiger partial charge in [-0.05, 0) is 49.2 Å². The van der Waals surface area contributed by atoms with E-state index in [0.717, 1.165) is 0 Å². The third-order valence-electron chi connectivity index (χ3n) is 4.62. The molecule has 2 amide bonds. The summed E-state index contributed by atoms with van der Waals surface area (Å²) in [6.07, 6.45) is 1.07. The maximum atomic E-state index is 12.8. The topological polar surface area (TPSA) is 105 Å². The number of piperidine rings is 1. The number of methoxy groups -OCH3 is 1. The lowest BCUT2D eigenvalue weighted by molar-refractivity contribution is -0.114. The molecule has 10 heteroatoms. The summed E-state index contributed by atoms with van der Waals surface area (Å²) < 4.78 is 32.1. The predicted molar refractivity (Wildman–Crippen MR) is 111 cm³/mol. The van der Waals surface area contributed by atoms with Gasteiger partial charge in [0.05, 0.1) is 21.9 Å². The van der Waals surface area contributed by atoms with E-state index in [1.54, 1.807) is 24.3 Å². The fourth-order valence-corrected chi connectivity index (χ4v) is 5.42. The van der Waals surface area contributed by atoms with Gasteiger partial charge in [-0.1, -0.05) is 0 Å². The minimum atomic E-state index is -3.57. The van der Waals surface area contributed by atoms with Crippen LogP contribution in [0.25, 0.3) is 0 Å². The third-order valence-corrected chi connectivity index (χ3v) is 7.53. The van der Waals surface area contributed by atoms with E-state index in [1.807, 2.05) is 0 Å². The Morgan fingerprint density at radius 1 is 1.10 bits per heavy atom. The van der Waals surface area contributed by atoms with Crippen LogP contribution in [0.2, 0.25) is 0 Å². The number of nitrogens with zero attached hydrogens (tertiary/aromatic N) is 1. The van der Waals surface area contributed by atoms with Crippen LogP contribution in [0.15, 0.2) is 41.3 Å². The molecule has 2 aromatic rings. The van der Waals surface area contributed by atoms with Crippen LogP contribution in [-0.4, -0.2) is 50.8 Å². The van der Waals surface area contributed by atoms with Gasteiger partial charge in [0.1, 0.15) is 5.75 Å².